The van der Waals surface area contributed by atoms with Gasteiger partial charge in [-0.3, -0.25) is 4.79 Å². The first-order valence-electron chi connectivity index (χ1n) is 9.15. The smallest absolute Gasteiger partial charge is 0.346 e. The van der Waals surface area contributed by atoms with Crippen molar-refractivity contribution in [3.8, 4) is 22.8 Å². The van der Waals surface area contributed by atoms with Crippen LogP contribution in [0.1, 0.15) is 16.1 Å². The van der Waals surface area contributed by atoms with Gasteiger partial charge in [-0.2, -0.15) is 4.98 Å². The third kappa shape index (κ3) is 4.82. The van der Waals surface area contributed by atoms with Gasteiger partial charge in [-0.05, 0) is 48.4 Å². The summed E-state index contributed by atoms with van der Waals surface area (Å²) in [6, 6.07) is 16.4. The van der Waals surface area contributed by atoms with Gasteiger partial charge in [0, 0.05) is 19.2 Å². The van der Waals surface area contributed by atoms with Gasteiger partial charge in [0.2, 0.25) is 0 Å². The van der Waals surface area contributed by atoms with Crippen LogP contribution in [0.2, 0.25) is 0 Å². The third-order valence-electron chi connectivity index (χ3n) is 4.62. The number of methoxy groups -OCH3 is 2. The standard InChI is InChI=1S/C22H23N3O4/c1-25(13-12-16-6-4-5-7-20(16)29-3)21(26)19-14-18(23-22(27)24-19)15-8-10-17(28-2)11-9-15/h4-11,14H,12-13H2,1-3H3,(H,23,24,27). The molecule has 1 N–H and O–H groups in total. The van der Waals surface area contributed by atoms with Crippen molar-refractivity contribution in [1.82, 2.24) is 14.9 Å². The molecule has 29 heavy (non-hydrogen) atoms. The highest BCUT2D eigenvalue weighted by molar-refractivity contribution is 5.93. The zero-order valence-electron chi connectivity index (χ0n) is 16.6. The number of hydrogen-bond acceptors (Lipinski definition) is 5. The zero-order chi connectivity index (χ0) is 20.8. The molecule has 0 unspecified atom stereocenters. The second-order valence-corrected chi connectivity index (χ2v) is 6.50. The van der Waals surface area contributed by atoms with Crippen molar-refractivity contribution in [2.45, 2.75) is 6.42 Å². The van der Waals surface area contributed by atoms with Crippen molar-refractivity contribution in [1.29, 1.82) is 0 Å². The molecular weight excluding hydrogens is 370 g/mol. The first kappa shape index (κ1) is 20.1. The van der Waals surface area contributed by atoms with Crippen LogP contribution in [0.5, 0.6) is 11.5 Å². The number of nitrogens with one attached hydrogen (secondary N) is 1. The Labute approximate surface area is 168 Å². The number of aromatic nitrogens is 2. The number of carbonyl (C=O) groups excluding carboxylic acids is 1. The van der Waals surface area contributed by atoms with Gasteiger partial charge in [-0.15, -0.1) is 0 Å². The molecule has 150 valence electrons. The largest absolute Gasteiger partial charge is 0.497 e. The zero-order valence-corrected chi connectivity index (χ0v) is 16.6. The molecule has 7 nitrogen and oxygen atoms in total. The highest BCUT2D eigenvalue weighted by Gasteiger charge is 2.16. The van der Waals surface area contributed by atoms with E-state index in [-0.39, 0.29) is 11.6 Å². The molecule has 0 saturated heterocycles. The van der Waals surface area contributed by atoms with Gasteiger partial charge in [0.25, 0.3) is 5.91 Å². The fourth-order valence-electron chi connectivity index (χ4n) is 2.99. The molecule has 0 saturated carbocycles. The number of para-hydroxylation sites is 1. The molecule has 3 rings (SSSR count). The Bertz CT molecular complexity index is 1040. The lowest BCUT2D eigenvalue weighted by atomic mass is 10.1. The van der Waals surface area contributed by atoms with Crippen LogP contribution in [0.4, 0.5) is 0 Å². The average Bonchev–Trinajstić information content (AvgIpc) is 2.76. The van der Waals surface area contributed by atoms with E-state index in [9.17, 15) is 9.59 Å². The molecule has 0 fully saturated rings. The van der Waals surface area contributed by atoms with E-state index < -0.39 is 5.69 Å². The Morgan fingerprint density at radius 2 is 1.79 bits per heavy atom. The summed E-state index contributed by atoms with van der Waals surface area (Å²) < 4.78 is 10.5. The maximum Gasteiger partial charge on any atom is 0.346 e. The fourth-order valence-corrected chi connectivity index (χ4v) is 2.99. The van der Waals surface area contributed by atoms with Crippen LogP contribution in [0.3, 0.4) is 0 Å². The van der Waals surface area contributed by atoms with Crippen molar-refractivity contribution < 1.29 is 14.3 Å². The van der Waals surface area contributed by atoms with Crippen molar-refractivity contribution in [3.05, 3.63) is 76.3 Å². The lowest BCUT2D eigenvalue weighted by molar-refractivity contribution is 0.0790. The number of benzene rings is 2. The lowest BCUT2D eigenvalue weighted by Gasteiger charge is -2.18. The van der Waals surface area contributed by atoms with Gasteiger partial charge >= 0.3 is 5.69 Å². The van der Waals surface area contributed by atoms with Crippen LogP contribution in [0, 0.1) is 0 Å². The van der Waals surface area contributed by atoms with Gasteiger partial charge in [0.15, 0.2) is 0 Å². The van der Waals surface area contributed by atoms with E-state index in [0.29, 0.717) is 24.4 Å². The van der Waals surface area contributed by atoms with Crippen LogP contribution in [0.15, 0.2) is 59.4 Å². The molecule has 0 aliphatic rings. The Balaban J connectivity index is 1.77. The first-order chi connectivity index (χ1) is 14.0. The van der Waals surface area contributed by atoms with E-state index in [1.807, 2.05) is 24.3 Å². The summed E-state index contributed by atoms with van der Waals surface area (Å²) in [6.45, 7) is 0.474. The normalized spacial score (nSPS) is 10.4. The molecule has 0 atom stereocenters. The summed E-state index contributed by atoms with van der Waals surface area (Å²) in [5.41, 5.74) is 1.79. The number of likely N-dealkylation sites (N-methyl/N-ethyl adjacent to an activating group) is 1. The molecule has 2 aromatic carbocycles. The van der Waals surface area contributed by atoms with Crippen LogP contribution in [-0.4, -0.2) is 48.6 Å². The predicted molar refractivity (Wildman–Crippen MR) is 111 cm³/mol. The molecule has 0 radical (unpaired) electrons. The van der Waals surface area contributed by atoms with E-state index in [2.05, 4.69) is 9.97 Å². The predicted octanol–water partition coefficient (Wildman–Crippen LogP) is 2.77. The number of H-pyrrole nitrogens is 1. The number of amides is 1. The van der Waals surface area contributed by atoms with Crippen molar-refractivity contribution in [2.24, 2.45) is 0 Å². The Morgan fingerprint density at radius 3 is 2.48 bits per heavy atom. The SMILES string of the molecule is COc1ccc(-c2cc(C(=O)N(C)CCc3ccccc3OC)[nH]c(=O)n2)cc1. The molecule has 0 aliphatic heterocycles. The van der Waals surface area contributed by atoms with Gasteiger partial charge < -0.3 is 19.4 Å². The average molecular weight is 393 g/mol. The van der Waals surface area contributed by atoms with Crippen LogP contribution in [0.25, 0.3) is 11.3 Å². The summed E-state index contributed by atoms with van der Waals surface area (Å²) in [4.78, 5) is 32.9. The number of rotatable bonds is 7. The van der Waals surface area contributed by atoms with E-state index >= 15 is 0 Å². The van der Waals surface area contributed by atoms with Crippen LogP contribution >= 0.6 is 0 Å². The molecule has 0 spiro atoms. The van der Waals surface area contributed by atoms with Gasteiger partial charge in [-0.25, -0.2) is 4.79 Å². The molecule has 7 heteroatoms. The highest BCUT2D eigenvalue weighted by atomic mass is 16.5. The topological polar surface area (TPSA) is 84.5 Å². The molecule has 1 amide bonds. The lowest BCUT2D eigenvalue weighted by Crippen LogP contribution is -2.31. The minimum Gasteiger partial charge on any atom is -0.497 e. The molecular formula is C22H23N3O4. The number of hydrogen-bond donors (Lipinski definition) is 1. The Morgan fingerprint density at radius 1 is 1.07 bits per heavy atom. The minimum atomic E-state index is -0.570. The summed E-state index contributed by atoms with van der Waals surface area (Å²) >= 11 is 0. The highest BCUT2D eigenvalue weighted by Crippen LogP contribution is 2.21. The molecule has 3 aromatic rings. The van der Waals surface area contributed by atoms with Crippen molar-refractivity contribution >= 4 is 5.91 Å². The third-order valence-corrected chi connectivity index (χ3v) is 4.62. The number of aromatic amines is 1. The van der Waals surface area contributed by atoms with Crippen molar-refractivity contribution in [2.75, 3.05) is 27.8 Å². The second-order valence-electron chi connectivity index (χ2n) is 6.50. The number of ether oxygens (including phenoxy) is 2. The van der Waals surface area contributed by atoms with Gasteiger partial charge in [-0.1, -0.05) is 18.2 Å². The van der Waals surface area contributed by atoms with Gasteiger partial charge in [0.1, 0.15) is 17.2 Å². The maximum absolute atomic E-state index is 12.8. The van der Waals surface area contributed by atoms with E-state index in [4.69, 9.17) is 9.47 Å². The maximum atomic E-state index is 12.8. The monoisotopic (exact) mass is 393 g/mol. The molecule has 1 aromatic heterocycles. The summed E-state index contributed by atoms with van der Waals surface area (Å²) in [5.74, 6) is 1.20. The van der Waals surface area contributed by atoms with Crippen LogP contribution in [-0.2, 0) is 6.42 Å². The van der Waals surface area contributed by atoms with E-state index in [1.165, 1.54) is 0 Å². The quantitative estimate of drug-likeness (QED) is 0.667. The van der Waals surface area contributed by atoms with E-state index in [1.54, 1.807) is 56.5 Å². The molecule has 0 aliphatic carbocycles. The van der Waals surface area contributed by atoms with Gasteiger partial charge in [0.05, 0.1) is 19.9 Å². The van der Waals surface area contributed by atoms with Crippen molar-refractivity contribution in [3.63, 3.8) is 0 Å². The Kier molecular flexibility index (Phi) is 6.29. The summed E-state index contributed by atoms with van der Waals surface area (Å²) in [6.07, 6.45) is 0.632. The van der Waals surface area contributed by atoms with E-state index in [0.717, 1.165) is 16.9 Å². The second kappa shape index (κ2) is 9.05. The van der Waals surface area contributed by atoms with Crippen LogP contribution < -0.4 is 15.2 Å². The fraction of sp³-hybridized carbons (Fsp3) is 0.227. The number of nitrogens with zero attached hydrogens (tertiary/aromatic N) is 2. The summed E-state index contributed by atoms with van der Waals surface area (Å²) in [7, 11) is 4.90. The minimum absolute atomic E-state index is 0.193. The summed E-state index contributed by atoms with van der Waals surface area (Å²) in [5, 5.41) is 0. The Hall–Kier alpha value is -3.61. The first-order valence-corrected chi connectivity index (χ1v) is 9.15. The molecule has 1 heterocycles. The molecule has 0 bridgehead atoms. The number of carbonyl (C=O) groups is 1.